The highest BCUT2D eigenvalue weighted by Gasteiger charge is 2.12. The third-order valence-electron chi connectivity index (χ3n) is 3.38. The molecule has 2 rings (SSSR count). The van der Waals surface area contributed by atoms with Crippen LogP contribution in [0.3, 0.4) is 0 Å². The van der Waals surface area contributed by atoms with Crippen molar-refractivity contribution in [1.29, 1.82) is 0 Å². The molecule has 1 N–H and O–H groups in total. The van der Waals surface area contributed by atoms with Gasteiger partial charge in [0.1, 0.15) is 0 Å². The van der Waals surface area contributed by atoms with Gasteiger partial charge in [-0.3, -0.25) is 0 Å². The fraction of sp³-hybridized carbons (Fsp3) is 0.400. The second-order valence-corrected chi connectivity index (χ2v) is 4.59. The predicted octanol–water partition coefficient (Wildman–Crippen LogP) is 2.85. The van der Waals surface area contributed by atoms with Gasteiger partial charge in [0, 0.05) is 12.2 Å². The number of hydrogen-bond donors (Lipinski definition) is 1. The minimum absolute atomic E-state index is 0.337. The molecule has 0 aliphatic heterocycles. The fourth-order valence-electron chi connectivity index (χ4n) is 2.14. The smallest absolute Gasteiger partial charge is 0.0952 e. The maximum absolute atomic E-state index is 4.36. The Morgan fingerprint density at radius 1 is 1.22 bits per heavy atom. The van der Waals surface area contributed by atoms with Crippen molar-refractivity contribution >= 4 is 0 Å². The molecule has 1 heterocycles. The number of nitrogens with zero attached hydrogens (tertiary/aromatic N) is 2. The van der Waals surface area contributed by atoms with E-state index in [1.807, 2.05) is 6.33 Å². The highest BCUT2D eigenvalue weighted by atomic mass is 15.1. The summed E-state index contributed by atoms with van der Waals surface area (Å²) < 4.78 is 2.22. The lowest BCUT2D eigenvalue weighted by molar-refractivity contribution is 0.470. The largest absolute Gasteiger partial charge is 0.333 e. The molecule has 0 radical (unpaired) electrons. The lowest BCUT2D eigenvalue weighted by Gasteiger charge is -2.19. The molecule has 3 nitrogen and oxygen atoms in total. The van der Waals surface area contributed by atoms with Gasteiger partial charge in [-0.05, 0) is 26.0 Å². The maximum atomic E-state index is 4.36. The number of likely N-dealkylation sites (N-methyl/N-ethyl adjacent to an activating group) is 1. The summed E-state index contributed by atoms with van der Waals surface area (Å²) in [6.07, 6.45) is 1.93. The van der Waals surface area contributed by atoms with E-state index >= 15 is 0 Å². The summed E-state index contributed by atoms with van der Waals surface area (Å²) in [5.41, 5.74) is 3.68. The van der Waals surface area contributed by atoms with Gasteiger partial charge >= 0.3 is 0 Å². The molecule has 0 bridgehead atoms. The average Bonchev–Trinajstić information content (AvgIpc) is 2.71. The van der Waals surface area contributed by atoms with Crippen LogP contribution in [0.2, 0.25) is 0 Å². The molecule has 0 saturated heterocycles. The maximum Gasteiger partial charge on any atom is 0.0952 e. The number of aromatic nitrogens is 2. The molecule has 1 atom stereocenters. The first-order valence-electron chi connectivity index (χ1n) is 6.49. The number of imidazole rings is 1. The Balaban J connectivity index is 2.19. The monoisotopic (exact) mass is 243 g/mol. The normalized spacial score (nSPS) is 12.6. The van der Waals surface area contributed by atoms with E-state index in [0.29, 0.717) is 6.04 Å². The van der Waals surface area contributed by atoms with Crippen LogP contribution < -0.4 is 5.32 Å². The van der Waals surface area contributed by atoms with Crippen LogP contribution in [-0.4, -0.2) is 16.1 Å². The van der Waals surface area contributed by atoms with Gasteiger partial charge in [-0.2, -0.15) is 0 Å². The van der Waals surface area contributed by atoms with E-state index in [9.17, 15) is 0 Å². The van der Waals surface area contributed by atoms with E-state index in [4.69, 9.17) is 0 Å². The van der Waals surface area contributed by atoms with Crippen molar-refractivity contribution in [2.24, 2.45) is 0 Å². The van der Waals surface area contributed by atoms with Gasteiger partial charge in [0.2, 0.25) is 0 Å². The van der Waals surface area contributed by atoms with Crippen molar-refractivity contribution in [3.63, 3.8) is 0 Å². The van der Waals surface area contributed by atoms with Crippen molar-refractivity contribution in [2.75, 3.05) is 6.54 Å². The molecular weight excluding hydrogens is 222 g/mol. The number of aryl methyl sites for hydroxylation is 1. The quantitative estimate of drug-likeness (QED) is 0.875. The topological polar surface area (TPSA) is 29.9 Å². The van der Waals surface area contributed by atoms with Gasteiger partial charge in [-0.25, -0.2) is 4.98 Å². The second-order valence-electron chi connectivity index (χ2n) is 4.59. The molecule has 1 aromatic carbocycles. The highest BCUT2D eigenvalue weighted by Crippen LogP contribution is 2.16. The molecule has 0 aliphatic rings. The first kappa shape index (κ1) is 12.8. The Kier molecular flexibility index (Phi) is 4.15. The summed E-state index contributed by atoms with van der Waals surface area (Å²) in [5.74, 6) is 0. The lowest BCUT2D eigenvalue weighted by atomic mass is 10.1. The Labute approximate surface area is 109 Å². The lowest BCUT2D eigenvalue weighted by Crippen LogP contribution is -2.25. The molecule has 0 spiro atoms. The van der Waals surface area contributed by atoms with Gasteiger partial charge in [0.15, 0.2) is 0 Å². The third-order valence-corrected chi connectivity index (χ3v) is 3.38. The zero-order valence-electron chi connectivity index (χ0n) is 11.4. The molecule has 96 valence electrons. The van der Waals surface area contributed by atoms with Crippen LogP contribution >= 0.6 is 0 Å². The zero-order valence-corrected chi connectivity index (χ0v) is 11.4. The van der Waals surface area contributed by atoms with Crippen LogP contribution in [0.4, 0.5) is 0 Å². The van der Waals surface area contributed by atoms with Gasteiger partial charge in [-0.1, -0.05) is 37.3 Å². The van der Waals surface area contributed by atoms with Crippen LogP contribution in [0.25, 0.3) is 0 Å². The second kappa shape index (κ2) is 5.83. The van der Waals surface area contributed by atoms with Gasteiger partial charge in [0.25, 0.3) is 0 Å². The third kappa shape index (κ3) is 2.79. The minimum atomic E-state index is 0.337. The molecule has 18 heavy (non-hydrogen) atoms. The van der Waals surface area contributed by atoms with Crippen LogP contribution in [-0.2, 0) is 6.54 Å². The van der Waals surface area contributed by atoms with E-state index in [1.165, 1.54) is 11.3 Å². The molecule has 0 fully saturated rings. The molecule has 1 aromatic heterocycles. The molecule has 3 heteroatoms. The molecule has 0 amide bonds. The molecule has 0 aliphatic carbocycles. The Hall–Kier alpha value is -1.61. The van der Waals surface area contributed by atoms with Crippen molar-refractivity contribution in [3.8, 4) is 0 Å². The summed E-state index contributed by atoms with van der Waals surface area (Å²) in [6.45, 7) is 8.20. The average molecular weight is 243 g/mol. The molecule has 1 unspecified atom stereocenters. The SMILES string of the molecule is CCNC(Cn1cnc(C)c1C)c1ccccc1. The number of benzene rings is 1. The molecule has 2 aromatic rings. The van der Waals surface area contributed by atoms with E-state index in [-0.39, 0.29) is 0 Å². The number of nitrogens with one attached hydrogen (secondary N) is 1. The predicted molar refractivity (Wildman–Crippen MR) is 74.6 cm³/mol. The van der Waals surface area contributed by atoms with Gasteiger partial charge < -0.3 is 9.88 Å². The molecular formula is C15H21N3. The first-order chi connectivity index (χ1) is 8.72. The Morgan fingerprint density at radius 2 is 1.94 bits per heavy atom. The van der Waals surface area contributed by atoms with Crippen molar-refractivity contribution in [2.45, 2.75) is 33.4 Å². The van der Waals surface area contributed by atoms with Crippen LogP contribution in [0.5, 0.6) is 0 Å². The van der Waals surface area contributed by atoms with E-state index in [0.717, 1.165) is 18.8 Å². The van der Waals surface area contributed by atoms with Crippen LogP contribution in [0.1, 0.15) is 29.9 Å². The van der Waals surface area contributed by atoms with Crippen LogP contribution in [0, 0.1) is 13.8 Å². The Morgan fingerprint density at radius 3 is 2.50 bits per heavy atom. The summed E-state index contributed by atoms with van der Waals surface area (Å²) in [7, 11) is 0. The van der Waals surface area contributed by atoms with Gasteiger partial charge in [-0.15, -0.1) is 0 Å². The first-order valence-corrected chi connectivity index (χ1v) is 6.49. The Bertz CT molecular complexity index is 488. The number of rotatable bonds is 5. The standard InChI is InChI=1S/C15H21N3/c1-4-16-15(14-8-6-5-7-9-14)10-18-11-17-12(2)13(18)3/h5-9,11,15-16H,4,10H2,1-3H3. The fourth-order valence-corrected chi connectivity index (χ4v) is 2.14. The zero-order chi connectivity index (χ0) is 13.0. The summed E-state index contributed by atoms with van der Waals surface area (Å²) in [6, 6.07) is 10.9. The summed E-state index contributed by atoms with van der Waals surface area (Å²) in [4.78, 5) is 4.36. The summed E-state index contributed by atoms with van der Waals surface area (Å²) >= 11 is 0. The molecule has 0 saturated carbocycles. The van der Waals surface area contributed by atoms with E-state index in [1.54, 1.807) is 0 Å². The van der Waals surface area contributed by atoms with E-state index < -0.39 is 0 Å². The number of hydrogen-bond acceptors (Lipinski definition) is 2. The van der Waals surface area contributed by atoms with Crippen molar-refractivity contribution in [3.05, 3.63) is 53.6 Å². The summed E-state index contributed by atoms with van der Waals surface area (Å²) in [5, 5.41) is 3.54. The van der Waals surface area contributed by atoms with Crippen molar-refractivity contribution in [1.82, 2.24) is 14.9 Å². The van der Waals surface area contributed by atoms with E-state index in [2.05, 4.69) is 66.0 Å². The van der Waals surface area contributed by atoms with Crippen LogP contribution in [0.15, 0.2) is 36.7 Å². The highest BCUT2D eigenvalue weighted by molar-refractivity contribution is 5.19. The van der Waals surface area contributed by atoms with Gasteiger partial charge in [0.05, 0.1) is 18.1 Å². The minimum Gasteiger partial charge on any atom is -0.333 e. The van der Waals surface area contributed by atoms with Crippen molar-refractivity contribution < 1.29 is 0 Å².